The predicted octanol–water partition coefficient (Wildman–Crippen LogP) is 1.96. The topological polar surface area (TPSA) is 105 Å². The number of hydrogen-bond acceptors (Lipinski definition) is 5. The fraction of sp³-hybridized carbons (Fsp3) is 0.500. The molecule has 0 amide bonds. The number of hydrogen-bond donors (Lipinski definition) is 2. The number of aromatic nitrogens is 1. The molecular weight excluding hydrogens is 250 g/mol. The van der Waals surface area contributed by atoms with E-state index in [0.717, 1.165) is 0 Å². The lowest BCUT2D eigenvalue weighted by atomic mass is 10.1. The van der Waals surface area contributed by atoms with Gasteiger partial charge in [-0.2, -0.15) is 0 Å². The highest BCUT2D eigenvalue weighted by Gasteiger charge is 2.31. The first kappa shape index (κ1) is 13.3. The van der Waals surface area contributed by atoms with Crippen LogP contribution in [0.3, 0.4) is 0 Å². The number of anilines is 1. The van der Waals surface area contributed by atoms with Crippen molar-refractivity contribution in [2.75, 3.05) is 5.32 Å². The van der Waals surface area contributed by atoms with Crippen LogP contribution in [0.1, 0.15) is 24.8 Å². The van der Waals surface area contributed by atoms with Crippen LogP contribution in [0.15, 0.2) is 12.3 Å². The Morgan fingerprint density at radius 1 is 1.58 bits per heavy atom. The Morgan fingerprint density at radius 3 is 2.89 bits per heavy atom. The number of aryl methyl sites for hydroxylation is 1. The van der Waals surface area contributed by atoms with E-state index in [1.807, 2.05) is 0 Å². The SMILES string of the molecule is Cc1cnc(N[C@H]2CC[C@@H](C(=O)O)C2)c([N+](=O)[O-])c1. The first-order chi connectivity index (χ1) is 8.97. The van der Waals surface area contributed by atoms with Crippen molar-refractivity contribution >= 4 is 17.5 Å². The summed E-state index contributed by atoms with van der Waals surface area (Å²) in [7, 11) is 0. The summed E-state index contributed by atoms with van der Waals surface area (Å²) in [6, 6.07) is 1.38. The quantitative estimate of drug-likeness (QED) is 0.636. The van der Waals surface area contributed by atoms with Gasteiger partial charge in [-0.25, -0.2) is 4.98 Å². The number of nitro groups is 1. The molecule has 0 saturated heterocycles. The van der Waals surface area contributed by atoms with Gasteiger partial charge in [0.2, 0.25) is 5.82 Å². The Morgan fingerprint density at radius 2 is 2.32 bits per heavy atom. The van der Waals surface area contributed by atoms with Crippen LogP contribution in [-0.2, 0) is 4.79 Å². The maximum absolute atomic E-state index is 11.0. The van der Waals surface area contributed by atoms with E-state index in [1.54, 1.807) is 13.1 Å². The molecule has 0 radical (unpaired) electrons. The highest BCUT2D eigenvalue weighted by Crippen LogP contribution is 2.30. The molecule has 1 aromatic rings. The molecule has 2 N–H and O–H groups in total. The fourth-order valence-corrected chi connectivity index (χ4v) is 2.33. The number of carbonyl (C=O) groups is 1. The van der Waals surface area contributed by atoms with E-state index in [-0.39, 0.29) is 23.5 Å². The largest absolute Gasteiger partial charge is 0.481 e. The Kier molecular flexibility index (Phi) is 3.64. The van der Waals surface area contributed by atoms with Crippen molar-refractivity contribution in [3.8, 4) is 0 Å². The zero-order valence-electron chi connectivity index (χ0n) is 10.5. The highest BCUT2D eigenvalue weighted by molar-refractivity contribution is 5.70. The Hall–Kier alpha value is -2.18. The second kappa shape index (κ2) is 5.21. The summed E-state index contributed by atoms with van der Waals surface area (Å²) in [6.45, 7) is 1.74. The number of nitrogens with zero attached hydrogens (tertiary/aromatic N) is 2. The van der Waals surface area contributed by atoms with Gasteiger partial charge < -0.3 is 10.4 Å². The highest BCUT2D eigenvalue weighted by atomic mass is 16.6. The van der Waals surface area contributed by atoms with Gasteiger partial charge in [0.25, 0.3) is 0 Å². The number of aliphatic carboxylic acids is 1. The summed E-state index contributed by atoms with van der Waals surface area (Å²) in [5.41, 5.74) is 0.644. The molecule has 1 heterocycles. The van der Waals surface area contributed by atoms with Gasteiger partial charge in [0, 0.05) is 18.3 Å². The molecule has 102 valence electrons. The minimum atomic E-state index is -0.810. The molecule has 2 atom stereocenters. The van der Waals surface area contributed by atoms with Gasteiger partial charge in [-0.15, -0.1) is 0 Å². The van der Waals surface area contributed by atoms with Crippen LogP contribution in [0, 0.1) is 23.0 Å². The third-order valence-corrected chi connectivity index (χ3v) is 3.32. The molecule has 0 aromatic carbocycles. The molecule has 1 aromatic heterocycles. The molecule has 0 spiro atoms. The van der Waals surface area contributed by atoms with E-state index >= 15 is 0 Å². The van der Waals surface area contributed by atoms with Gasteiger partial charge >= 0.3 is 11.7 Å². The van der Waals surface area contributed by atoms with Gasteiger partial charge in [-0.1, -0.05) is 0 Å². The van der Waals surface area contributed by atoms with Crippen LogP contribution in [0.2, 0.25) is 0 Å². The minimum absolute atomic E-state index is 0.0706. The molecule has 1 saturated carbocycles. The molecule has 0 unspecified atom stereocenters. The summed E-state index contributed by atoms with van der Waals surface area (Å²) in [4.78, 5) is 25.4. The van der Waals surface area contributed by atoms with E-state index in [0.29, 0.717) is 24.8 Å². The zero-order valence-corrected chi connectivity index (χ0v) is 10.5. The van der Waals surface area contributed by atoms with Crippen molar-refractivity contribution in [1.29, 1.82) is 0 Å². The second-order valence-corrected chi connectivity index (χ2v) is 4.83. The molecule has 7 heteroatoms. The van der Waals surface area contributed by atoms with Gasteiger partial charge in [-0.05, 0) is 31.7 Å². The molecule has 7 nitrogen and oxygen atoms in total. The van der Waals surface area contributed by atoms with Gasteiger partial charge in [0.1, 0.15) is 0 Å². The zero-order chi connectivity index (χ0) is 14.0. The fourth-order valence-electron chi connectivity index (χ4n) is 2.33. The average Bonchev–Trinajstić information content (AvgIpc) is 2.80. The van der Waals surface area contributed by atoms with E-state index in [1.165, 1.54) is 6.07 Å². The molecule has 1 aliphatic carbocycles. The van der Waals surface area contributed by atoms with Crippen molar-refractivity contribution < 1.29 is 14.8 Å². The van der Waals surface area contributed by atoms with Crippen molar-refractivity contribution in [3.63, 3.8) is 0 Å². The monoisotopic (exact) mass is 265 g/mol. The summed E-state index contributed by atoms with van der Waals surface area (Å²) >= 11 is 0. The van der Waals surface area contributed by atoms with E-state index in [2.05, 4.69) is 10.3 Å². The summed E-state index contributed by atoms with van der Waals surface area (Å²) in [5, 5.41) is 22.9. The van der Waals surface area contributed by atoms with Crippen molar-refractivity contribution in [2.24, 2.45) is 5.92 Å². The standard InChI is InChI=1S/C12H15N3O4/c1-7-4-10(15(18)19)11(13-6-7)14-9-3-2-8(5-9)12(16)17/h4,6,8-9H,2-3,5H2,1H3,(H,13,14)(H,16,17)/t8-,9+/m1/s1. The van der Waals surface area contributed by atoms with Crippen LogP contribution >= 0.6 is 0 Å². The van der Waals surface area contributed by atoms with E-state index in [4.69, 9.17) is 5.11 Å². The lowest BCUT2D eigenvalue weighted by Gasteiger charge is -2.13. The van der Waals surface area contributed by atoms with Crippen LogP contribution in [0.4, 0.5) is 11.5 Å². The number of carboxylic acids is 1. The summed E-state index contributed by atoms with van der Waals surface area (Å²) in [6.07, 6.45) is 3.30. The van der Waals surface area contributed by atoms with Crippen LogP contribution in [0.25, 0.3) is 0 Å². The van der Waals surface area contributed by atoms with Gasteiger partial charge in [0.05, 0.1) is 10.8 Å². The normalized spacial score (nSPS) is 22.2. The Labute approximate surface area is 109 Å². The molecule has 0 bridgehead atoms. The number of rotatable bonds is 4. The molecule has 0 aliphatic heterocycles. The molecule has 2 rings (SSSR count). The van der Waals surface area contributed by atoms with Crippen LogP contribution in [-0.4, -0.2) is 27.0 Å². The van der Waals surface area contributed by atoms with Crippen molar-refractivity contribution in [1.82, 2.24) is 4.98 Å². The second-order valence-electron chi connectivity index (χ2n) is 4.83. The van der Waals surface area contributed by atoms with Crippen LogP contribution < -0.4 is 5.32 Å². The number of pyridine rings is 1. The third kappa shape index (κ3) is 2.98. The first-order valence-electron chi connectivity index (χ1n) is 6.07. The van der Waals surface area contributed by atoms with Crippen LogP contribution in [0.5, 0.6) is 0 Å². The maximum atomic E-state index is 11.0. The van der Waals surface area contributed by atoms with Crippen molar-refractivity contribution in [2.45, 2.75) is 32.2 Å². The average molecular weight is 265 g/mol. The third-order valence-electron chi connectivity index (χ3n) is 3.32. The minimum Gasteiger partial charge on any atom is -0.481 e. The molecular formula is C12H15N3O4. The van der Waals surface area contributed by atoms with Gasteiger partial charge in [-0.3, -0.25) is 14.9 Å². The Bertz CT molecular complexity index is 518. The van der Waals surface area contributed by atoms with E-state index in [9.17, 15) is 14.9 Å². The maximum Gasteiger partial charge on any atom is 0.311 e. The number of carboxylic acid groups (broad SMARTS) is 1. The molecule has 19 heavy (non-hydrogen) atoms. The lowest BCUT2D eigenvalue weighted by Crippen LogP contribution is -2.19. The summed E-state index contributed by atoms with van der Waals surface area (Å²) in [5.74, 6) is -0.968. The van der Waals surface area contributed by atoms with Crippen molar-refractivity contribution in [3.05, 3.63) is 27.9 Å². The Balaban J connectivity index is 2.12. The smallest absolute Gasteiger partial charge is 0.311 e. The summed E-state index contributed by atoms with van der Waals surface area (Å²) < 4.78 is 0. The number of nitrogens with one attached hydrogen (secondary N) is 1. The molecule has 1 aliphatic rings. The van der Waals surface area contributed by atoms with E-state index < -0.39 is 10.9 Å². The first-order valence-corrected chi connectivity index (χ1v) is 6.07. The lowest BCUT2D eigenvalue weighted by molar-refractivity contribution is -0.384. The molecule has 1 fully saturated rings. The van der Waals surface area contributed by atoms with Gasteiger partial charge in [0.15, 0.2) is 0 Å². The predicted molar refractivity (Wildman–Crippen MR) is 68.0 cm³/mol.